The molecular formula is C30H45NO5S2Si2. The van der Waals surface area contributed by atoms with Crippen LogP contribution in [0, 0.1) is 0 Å². The van der Waals surface area contributed by atoms with Gasteiger partial charge >= 0.3 is 0 Å². The van der Waals surface area contributed by atoms with Crippen LogP contribution in [0.3, 0.4) is 0 Å². The molecule has 0 aliphatic heterocycles. The minimum atomic E-state index is -3.87. The van der Waals surface area contributed by atoms with Gasteiger partial charge in [-0.25, -0.2) is 3.63 Å². The standard InChI is InChI=1S/C30H45NO5S2Si2/c1-10-11-24-37(32,33)36-38(28-18-12-25(13-19-28)31(2)3,29-20-14-26(15-21-29)34-39(4,5)6)30-22-16-27(17-23-30)35-40(7,8)9/h12-23H,10-11,24H2,1-9H3. The summed E-state index contributed by atoms with van der Waals surface area (Å²) < 4.78 is 46.0. The summed E-state index contributed by atoms with van der Waals surface area (Å²) in [6, 6.07) is 23.5. The molecule has 0 unspecified atom stereocenters. The van der Waals surface area contributed by atoms with E-state index in [0.29, 0.717) is 6.42 Å². The molecule has 0 spiro atoms. The van der Waals surface area contributed by atoms with Gasteiger partial charge in [0.25, 0.3) is 10.1 Å². The van der Waals surface area contributed by atoms with E-state index in [9.17, 15) is 8.42 Å². The van der Waals surface area contributed by atoms with Gasteiger partial charge in [0.15, 0.2) is 0 Å². The summed E-state index contributed by atoms with van der Waals surface area (Å²) in [5.74, 6) is 1.50. The van der Waals surface area contributed by atoms with Crippen molar-refractivity contribution in [3.8, 4) is 11.5 Å². The fourth-order valence-electron chi connectivity index (χ4n) is 4.08. The highest BCUT2D eigenvalue weighted by Gasteiger charge is 2.38. The Morgan fingerprint density at radius 2 is 1.02 bits per heavy atom. The maximum absolute atomic E-state index is 13.6. The molecule has 0 aromatic heterocycles. The third kappa shape index (κ3) is 8.63. The molecule has 3 aromatic carbocycles. The van der Waals surface area contributed by atoms with Crippen molar-refractivity contribution in [1.29, 1.82) is 0 Å². The minimum absolute atomic E-state index is 0.0400. The number of benzene rings is 3. The average molecular weight is 620 g/mol. The lowest BCUT2D eigenvalue weighted by atomic mass is 10.3. The van der Waals surface area contributed by atoms with Gasteiger partial charge in [-0.05, 0) is 129 Å². The Balaban J connectivity index is 2.28. The molecule has 10 heteroatoms. The van der Waals surface area contributed by atoms with Crippen molar-refractivity contribution in [2.75, 3.05) is 24.7 Å². The van der Waals surface area contributed by atoms with E-state index in [2.05, 4.69) is 39.3 Å². The number of rotatable bonds is 13. The van der Waals surface area contributed by atoms with E-state index < -0.39 is 37.1 Å². The van der Waals surface area contributed by atoms with E-state index in [0.717, 1.165) is 38.3 Å². The maximum atomic E-state index is 13.6. The van der Waals surface area contributed by atoms with Crippen LogP contribution >= 0.6 is 10.3 Å². The van der Waals surface area contributed by atoms with Gasteiger partial charge in [0.1, 0.15) is 11.5 Å². The Morgan fingerprint density at radius 3 is 1.35 bits per heavy atom. The van der Waals surface area contributed by atoms with E-state index in [4.69, 9.17) is 12.5 Å². The molecule has 0 saturated heterocycles. The van der Waals surface area contributed by atoms with Gasteiger partial charge in [-0.1, -0.05) is 13.3 Å². The zero-order valence-electron chi connectivity index (χ0n) is 25.4. The molecule has 0 radical (unpaired) electrons. The van der Waals surface area contributed by atoms with Crippen molar-refractivity contribution < 1.29 is 20.9 Å². The highest BCUT2D eigenvalue weighted by Crippen LogP contribution is 2.70. The molecule has 0 fully saturated rings. The van der Waals surface area contributed by atoms with Gasteiger partial charge in [0, 0.05) is 34.5 Å². The third-order valence-corrected chi connectivity index (χ3v) is 12.7. The van der Waals surface area contributed by atoms with Crippen LogP contribution in [0.5, 0.6) is 11.5 Å². The van der Waals surface area contributed by atoms with Crippen LogP contribution in [-0.4, -0.2) is 44.9 Å². The first kappa shape index (κ1) is 32.3. The van der Waals surface area contributed by atoms with Crippen molar-refractivity contribution in [2.45, 2.75) is 73.7 Å². The molecule has 0 N–H and O–H groups in total. The van der Waals surface area contributed by atoms with Crippen molar-refractivity contribution in [1.82, 2.24) is 0 Å². The highest BCUT2D eigenvalue weighted by atomic mass is 32.3. The van der Waals surface area contributed by atoms with Gasteiger partial charge in [0.05, 0.1) is 5.75 Å². The van der Waals surface area contributed by atoms with Gasteiger partial charge in [0.2, 0.25) is 16.6 Å². The molecule has 0 aliphatic carbocycles. The fourth-order valence-corrected chi connectivity index (χ4v) is 11.2. The lowest BCUT2D eigenvalue weighted by Crippen LogP contribution is -2.29. The van der Waals surface area contributed by atoms with Gasteiger partial charge in [-0.2, -0.15) is 8.42 Å². The Hall–Kier alpha value is -2.25. The van der Waals surface area contributed by atoms with E-state index in [-0.39, 0.29) is 5.75 Å². The van der Waals surface area contributed by atoms with E-state index in [1.165, 1.54) is 0 Å². The average Bonchev–Trinajstić information content (AvgIpc) is 2.85. The number of hydrogen-bond donors (Lipinski definition) is 0. The van der Waals surface area contributed by atoms with Crippen molar-refractivity contribution in [2.24, 2.45) is 0 Å². The van der Waals surface area contributed by atoms with Crippen LogP contribution in [0.15, 0.2) is 87.5 Å². The predicted octanol–water partition coefficient (Wildman–Crippen LogP) is 8.52. The predicted molar refractivity (Wildman–Crippen MR) is 174 cm³/mol. The first-order chi connectivity index (χ1) is 18.5. The van der Waals surface area contributed by atoms with Crippen LogP contribution in [0.25, 0.3) is 0 Å². The van der Waals surface area contributed by atoms with E-state index >= 15 is 0 Å². The summed E-state index contributed by atoms with van der Waals surface area (Å²) >= 11 is 0. The third-order valence-electron chi connectivity index (χ3n) is 5.80. The molecule has 6 nitrogen and oxygen atoms in total. The Morgan fingerprint density at radius 1 is 0.650 bits per heavy atom. The van der Waals surface area contributed by atoms with E-state index in [1.54, 1.807) is 0 Å². The quantitative estimate of drug-likeness (QED) is 0.179. The van der Waals surface area contributed by atoms with Crippen LogP contribution < -0.4 is 13.8 Å². The molecule has 0 bridgehead atoms. The number of anilines is 1. The SMILES string of the molecule is CCCCS(=O)(=O)OS(c1ccc(O[Si](C)(C)C)cc1)(c1ccc(O[Si](C)(C)C)cc1)c1ccc(N(C)C)cc1. The Labute approximate surface area is 245 Å². The molecule has 220 valence electrons. The Kier molecular flexibility index (Phi) is 10.3. The number of unbranched alkanes of at least 4 members (excludes halogenated alkanes) is 1. The molecule has 3 aromatic rings. The molecule has 3 rings (SSSR count). The number of hydrogen-bond acceptors (Lipinski definition) is 6. The number of nitrogens with zero attached hydrogens (tertiary/aromatic N) is 1. The van der Waals surface area contributed by atoms with Crippen LogP contribution in [0.2, 0.25) is 39.3 Å². The van der Waals surface area contributed by atoms with Crippen molar-refractivity contribution in [3.63, 3.8) is 0 Å². The van der Waals surface area contributed by atoms with Crippen molar-refractivity contribution >= 4 is 42.7 Å². The molecule has 0 saturated carbocycles. The van der Waals surface area contributed by atoms with Gasteiger partial charge < -0.3 is 13.8 Å². The second kappa shape index (κ2) is 12.7. The van der Waals surface area contributed by atoms with Crippen LogP contribution in [0.4, 0.5) is 5.69 Å². The zero-order valence-corrected chi connectivity index (χ0v) is 29.0. The monoisotopic (exact) mass is 619 g/mol. The normalized spacial score (nSPS) is 13.1. The van der Waals surface area contributed by atoms with E-state index in [1.807, 2.05) is 98.7 Å². The minimum Gasteiger partial charge on any atom is -0.544 e. The zero-order chi connectivity index (χ0) is 29.8. The highest BCUT2D eigenvalue weighted by molar-refractivity contribution is 8.33. The summed E-state index contributed by atoms with van der Waals surface area (Å²) in [6.45, 7) is 14.8. The summed E-state index contributed by atoms with van der Waals surface area (Å²) in [7, 11) is -6.23. The van der Waals surface area contributed by atoms with Gasteiger partial charge in [-0.15, -0.1) is 0 Å². The Bertz CT molecular complexity index is 1290. The summed E-state index contributed by atoms with van der Waals surface area (Å²) in [5, 5.41) is 0. The maximum Gasteiger partial charge on any atom is 0.277 e. The van der Waals surface area contributed by atoms with Crippen LogP contribution in [0.1, 0.15) is 19.8 Å². The first-order valence-electron chi connectivity index (χ1n) is 13.7. The molecule has 0 heterocycles. The largest absolute Gasteiger partial charge is 0.544 e. The fraction of sp³-hybridized carbons (Fsp3) is 0.400. The summed E-state index contributed by atoms with van der Waals surface area (Å²) in [5.41, 5.74) is 1.02. The van der Waals surface area contributed by atoms with Gasteiger partial charge in [-0.3, -0.25) is 0 Å². The molecule has 0 amide bonds. The second-order valence-corrected chi connectivity index (χ2v) is 25.5. The lowest BCUT2D eigenvalue weighted by molar-refractivity contribution is 0.505. The smallest absolute Gasteiger partial charge is 0.277 e. The van der Waals surface area contributed by atoms with Crippen molar-refractivity contribution in [3.05, 3.63) is 72.8 Å². The lowest BCUT2D eigenvalue weighted by Gasteiger charge is -2.40. The first-order valence-corrected chi connectivity index (χ1v) is 23.6. The topological polar surface area (TPSA) is 65.1 Å². The summed E-state index contributed by atoms with van der Waals surface area (Å²) in [4.78, 5) is 4.39. The molecular weight excluding hydrogens is 575 g/mol. The molecule has 0 aliphatic rings. The van der Waals surface area contributed by atoms with Crippen LogP contribution in [-0.2, 0) is 13.7 Å². The summed E-state index contributed by atoms with van der Waals surface area (Å²) in [6.07, 6.45) is 1.29. The molecule has 40 heavy (non-hydrogen) atoms. The molecule has 0 atom stereocenters. The second-order valence-electron chi connectivity index (χ2n) is 12.0.